The lowest BCUT2D eigenvalue weighted by atomic mass is 9.46. The second kappa shape index (κ2) is 16.9. The lowest BCUT2D eigenvalue weighted by Gasteiger charge is -2.45. The third-order valence-corrected chi connectivity index (χ3v) is 17.1. The fourth-order valence-corrected chi connectivity index (χ4v) is 14.3. The van der Waals surface area contributed by atoms with Crippen molar-refractivity contribution in [3.05, 3.63) is 218 Å². The third kappa shape index (κ3) is 6.44. The summed E-state index contributed by atoms with van der Waals surface area (Å²) in [5.41, 5.74) is 8.54. The molecule has 0 saturated carbocycles. The summed E-state index contributed by atoms with van der Waals surface area (Å²) in [6, 6.07) is 75.2. The van der Waals surface area contributed by atoms with Crippen LogP contribution in [-0.4, -0.2) is 57.8 Å². The molecule has 11 aromatic rings. The number of nitrogens with zero attached hydrogens (tertiary/aromatic N) is 5. The third-order valence-electron chi connectivity index (χ3n) is 13.1. The first-order valence-corrected chi connectivity index (χ1v) is 24.1. The van der Waals surface area contributed by atoms with Crippen LogP contribution in [0.1, 0.15) is 0 Å². The van der Waals surface area contributed by atoms with Gasteiger partial charge in [-0.2, -0.15) is 15.0 Å². The fourth-order valence-electron chi connectivity index (χ4n) is 10.2. The lowest BCUT2D eigenvalue weighted by molar-refractivity contribution is 0.941. The molecule has 0 N–H and O–H groups in total. The zero-order valence-electron chi connectivity index (χ0n) is 36.8. The Balaban J connectivity index is 1.22. The first-order valence-electron chi connectivity index (χ1n) is 22.5. The van der Waals surface area contributed by atoms with Crippen molar-refractivity contribution in [2.45, 2.75) is 19.6 Å². The van der Waals surface area contributed by atoms with E-state index in [1.165, 1.54) is 0 Å². The van der Waals surface area contributed by atoms with Crippen LogP contribution in [0, 0.1) is 0 Å². The van der Waals surface area contributed by atoms with Gasteiger partial charge in [-0.05, 0) is 70.5 Å². The molecule has 310 valence electrons. The van der Waals surface area contributed by atoms with Gasteiger partial charge in [-0.25, -0.2) is 0 Å². The minimum Gasteiger partial charge on any atom is -0.345 e. The van der Waals surface area contributed by atoms with Crippen molar-refractivity contribution in [2.75, 3.05) is 4.81 Å². The van der Waals surface area contributed by atoms with Crippen LogP contribution in [0.4, 0.5) is 11.6 Å². The van der Waals surface area contributed by atoms with Gasteiger partial charge in [0.2, 0.25) is 11.9 Å². The molecule has 0 atom stereocenters. The average molecular weight is 877 g/mol. The van der Waals surface area contributed by atoms with Crippen molar-refractivity contribution in [3.63, 3.8) is 0 Å². The maximum atomic E-state index is 7.81. The van der Waals surface area contributed by atoms with E-state index in [9.17, 15) is 0 Å². The SMILES string of the molecule is [B]c1c([B])c(-c2nc(N3B(c4ccccc4)c4ccccc4-c4ccccc43)nc(-n3c4ccccc4c4ccccc43)n2)c([B])c(S(c2ccccc2)(c2ccccc2)c2ccccc2)c1[B]. The van der Waals surface area contributed by atoms with E-state index in [4.69, 9.17) is 46.3 Å². The molecule has 0 amide bonds. The van der Waals surface area contributed by atoms with E-state index in [1.807, 2.05) is 72.8 Å². The van der Waals surface area contributed by atoms with Crippen molar-refractivity contribution >= 4 is 114 Å². The molecule has 0 fully saturated rings. The molecule has 68 heavy (non-hydrogen) atoms. The van der Waals surface area contributed by atoms with Gasteiger partial charge in [0, 0.05) is 42.3 Å². The zero-order valence-corrected chi connectivity index (χ0v) is 37.6. The number of fused-ring (bicyclic) bond motifs is 6. The van der Waals surface area contributed by atoms with E-state index in [-0.39, 0.29) is 23.6 Å². The molecule has 3 heterocycles. The van der Waals surface area contributed by atoms with Crippen LogP contribution in [-0.2, 0) is 0 Å². The monoisotopic (exact) mass is 877 g/mol. The molecule has 5 nitrogen and oxygen atoms in total. The summed E-state index contributed by atoms with van der Waals surface area (Å²) >= 11 is 0. The van der Waals surface area contributed by atoms with Crippen LogP contribution < -0.4 is 37.6 Å². The maximum absolute atomic E-state index is 7.81. The van der Waals surface area contributed by atoms with Gasteiger partial charge in [-0.1, -0.05) is 186 Å². The Morgan fingerprint density at radius 1 is 0.397 bits per heavy atom. The minimum absolute atomic E-state index is 0.181. The van der Waals surface area contributed by atoms with Gasteiger partial charge < -0.3 is 4.81 Å². The summed E-state index contributed by atoms with van der Waals surface area (Å²) in [6.45, 7) is -0.336. The quantitative estimate of drug-likeness (QED) is 0.145. The Kier molecular flexibility index (Phi) is 10.3. The largest absolute Gasteiger partial charge is 0.345 e. The normalized spacial score (nSPS) is 12.5. The average Bonchev–Trinajstić information content (AvgIpc) is 3.74. The van der Waals surface area contributed by atoms with Crippen LogP contribution in [0.3, 0.4) is 0 Å². The molecule has 12 rings (SSSR count). The molecule has 0 spiro atoms. The molecule has 8 radical (unpaired) electrons. The molecular formula is C57H36B5N5S. The molecule has 0 bridgehead atoms. The predicted octanol–water partition coefficient (Wildman–Crippen LogP) is 8.08. The standard InChI is InChI=1S/C57H36B5N5S/c58-50-49(51(59)54(53(61)52(50)60)68(38-23-7-2-8-24-38,39-25-9-3-10-26-39)40-27-11-4-12-28-40)55-63-56(66-46-34-18-14-31-43(46)44-32-15-19-35-47(44)66)65-57(64-55)67-48-36-20-16-30-42(48)41-29-13-17-33-45(41)62(67)37-21-5-1-6-22-37/h1-36H. The Hall–Kier alpha value is -7.74. The van der Waals surface area contributed by atoms with Gasteiger partial charge >= 0.3 is 6.85 Å². The summed E-state index contributed by atoms with van der Waals surface area (Å²) in [5.74, 6) is 1.03. The van der Waals surface area contributed by atoms with Gasteiger partial charge in [0.15, 0.2) is 5.82 Å². The molecule has 0 unspecified atom stereocenters. The summed E-state index contributed by atoms with van der Waals surface area (Å²) in [4.78, 5) is 22.4. The van der Waals surface area contributed by atoms with E-state index in [1.54, 1.807) is 0 Å². The highest BCUT2D eigenvalue weighted by molar-refractivity contribution is 8.34. The van der Waals surface area contributed by atoms with E-state index in [2.05, 4.69) is 155 Å². The van der Waals surface area contributed by atoms with Crippen molar-refractivity contribution in [2.24, 2.45) is 0 Å². The summed E-state index contributed by atoms with van der Waals surface area (Å²) in [7, 11) is 27.2. The topological polar surface area (TPSA) is 46.8 Å². The predicted molar refractivity (Wildman–Crippen MR) is 287 cm³/mol. The molecule has 2 aromatic heterocycles. The van der Waals surface area contributed by atoms with E-state index < -0.39 is 10.0 Å². The summed E-state index contributed by atoms with van der Waals surface area (Å²) in [5, 5.41) is 2.12. The Bertz CT molecular complexity index is 3560. The van der Waals surface area contributed by atoms with Crippen molar-refractivity contribution in [3.8, 4) is 28.5 Å². The molecule has 11 heteroatoms. The Morgan fingerprint density at radius 2 is 0.868 bits per heavy atom. The first-order chi connectivity index (χ1) is 33.4. The number of para-hydroxylation sites is 3. The summed E-state index contributed by atoms with van der Waals surface area (Å²) < 4.78 is 2.10. The van der Waals surface area contributed by atoms with Crippen molar-refractivity contribution in [1.29, 1.82) is 0 Å². The van der Waals surface area contributed by atoms with Gasteiger partial charge in [0.25, 0.3) is 0 Å². The van der Waals surface area contributed by atoms with Crippen LogP contribution >= 0.6 is 10.0 Å². The van der Waals surface area contributed by atoms with Crippen LogP contribution in [0.2, 0.25) is 0 Å². The number of hydrogen-bond donors (Lipinski definition) is 0. The second-order valence-electron chi connectivity index (χ2n) is 16.8. The number of rotatable bonds is 8. The van der Waals surface area contributed by atoms with Crippen LogP contribution in [0.5, 0.6) is 0 Å². The Morgan fingerprint density at radius 3 is 1.46 bits per heavy atom. The number of benzene rings is 9. The first kappa shape index (κ1) is 41.7. The molecule has 9 aromatic carbocycles. The minimum atomic E-state index is -2.47. The van der Waals surface area contributed by atoms with Gasteiger partial charge in [0.05, 0.1) is 11.0 Å². The maximum Gasteiger partial charge on any atom is 0.331 e. The van der Waals surface area contributed by atoms with E-state index >= 15 is 0 Å². The molecule has 0 aliphatic carbocycles. The molecular weight excluding hydrogens is 841 g/mol. The van der Waals surface area contributed by atoms with Gasteiger partial charge in [-0.3, -0.25) is 4.57 Å². The van der Waals surface area contributed by atoms with Crippen LogP contribution in [0.15, 0.2) is 238 Å². The van der Waals surface area contributed by atoms with Gasteiger partial charge in [0.1, 0.15) is 31.4 Å². The van der Waals surface area contributed by atoms with E-state index in [0.29, 0.717) is 33.3 Å². The highest BCUT2D eigenvalue weighted by Crippen LogP contribution is 2.72. The molecule has 0 saturated heterocycles. The van der Waals surface area contributed by atoms with Crippen molar-refractivity contribution < 1.29 is 0 Å². The molecule has 1 aliphatic rings. The smallest absolute Gasteiger partial charge is 0.331 e. The van der Waals surface area contributed by atoms with E-state index in [0.717, 1.165) is 64.2 Å². The zero-order chi connectivity index (χ0) is 45.9. The second-order valence-corrected chi connectivity index (χ2v) is 19.9. The van der Waals surface area contributed by atoms with Gasteiger partial charge in [-0.15, -0.1) is 15.5 Å². The van der Waals surface area contributed by atoms with Crippen LogP contribution in [0.25, 0.3) is 50.3 Å². The Labute approximate surface area is 403 Å². The fraction of sp³-hybridized carbons (Fsp3) is 0. The molecule has 1 aliphatic heterocycles. The number of anilines is 2. The lowest BCUT2D eigenvalue weighted by Crippen LogP contribution is -2.57. The highest BCUT2D eigenvalue weighted by atomic mass is 32.3. The highest BCUT2D eigenvalue weighted by Gasteiger charge is 2.40. The summed E-state index contributed by atoms with van der Waals surface area (Å²) in [6.07, 6.45) is 0. The number of aromatic nitrogens is 4. The number of hydrogen-bond acceptors (Lipinski definition) is 4. The van der Waals surface area contributed by atoms with Crippen molar-refractivity contribution in [1.82, 2.24) is 19.5 Å².